The number of anilines is 1. The second kappa shape index (κ2) is 9.68. The minimum Gasteiger partial charge on any atom is -0.323 e. The van der Waals surface area contributed by atoms with Gasteiger partial charge < -0.3 is 5.32 Å². The summed E-state index contributed by atoms with van der Waals surface area (Å²) < 4.78 is 41.1. The van der Waals surface area contributed by atoms with Gasteiger partial charge in [-0.1, -0.05) is 71.9 Å². The van der Waals surface area contributed by atoms with Gasteiger partial charge in [-0.15, -0.1) is 10.2 Å². The number of nitrogens with zero attached hydrogens (tertiary/aromatic N) is 3. The number of hydrogen-bond acceptors (Lipinski definition) is 4. The molecule has 0 bridgehead atoms. The number of hydrogen-bond donors (Lipinski definition) is 1. The number of benzene rings is 3. The number of carbonyl (C=O) groups excluding carboxylic acids is 1. The zero-order valence-electron chi connectivity index (χ0n) is 16.8. The summed E-state index contributed by atoms with van der Waals surface area (Å²) in [7, 11) is 0. The fourth-order valence-corrected chi connectivity index (χ4v) is 4.27. The van der Waals surface area contributed by atoms with E-state index in [1.807, 2.05) is 30.3 Å². The van der Waals surface area contributed by atoms with E-state index in [2.05, 4.69) is 15.5 Å². The molecule has 0 radical (unpaired) electrons. The summed E-state index contributed by atoms with van der Waals surface area (Å²) in [4.78, 5) is 13.3. The van der Waals surface area contributed by atoms with Crippen LogP contribution in [-0.2, 0) is 11.0 Å². The van der Waals surface area contributed by atoms with Crippen molar-refractivity contribution in [2.75, 3.05) is 5.32 Å². The van der Waals surface area contributed by atoms with Crippen LogP contribution < -0.4 is 5.32 Å². The lowest BCUT2D eigenvalue weighted by Crippen LogP contribution is -2.20. The summed E-state index contributed by atoms with van der Waals surface area (Å²) in [6.07, 6.45) is -3.04. The Morgan fingerprint density at radius 1 is 1.00 bits per heavy atom. The quantitative estimate of drug-likeness (QED) is 0.318. The van der Waals surface area contributed by atoms with Crippen molar-refractivity contribution < 1.29 is 18.0 Å². The van der Waals surface area contributed by atoms with E-state index in [1.165, 1.54) is 6.33 Å². The van der Waals surface area contributed by atoms with Crippen LogP contribution in [0, 0.1) is 0 Å². The number of alkyl halides is 3. The first kappa shape index (κ1) is 22.9. The molecule has 0 saturated heterocycles. The SMILES string of the molecule is O=C(Nc1cc(C(F)(F)F)ccc1Cl)[C@@H](Sc1nncn1-c1ccccc1)c1ccccc1. The van der Waals surface area contributed by atoms with Crippen LogP contribution >= 0.6 is 23.4 Å². The lowest BCUT2D eigenvalue weighted by Gasteiger charge is -2.18. The van der Waals surface area contributed by atoms with E-state index >= 15 is 0 Å². The highest BCUT2D eigenvalue weighted by molar-refractivity contribution is 8.00. The van der Waals surface area contributed by atoms with Gasteiger partial charge in [-0.05, 0) is 35.9 Å². The Balaban J connectivity index is 1.66. The number of thioether (sulfide) groups is 1. The fraction of sp³-hybridized carbons (Fsp3) is 0.0870. The minimum absolute atomic E-state index is 0.000569. The molecule has 1 N–H and O–H groups in total. The zero-order valence-corrected chi connectivity index (χ0v) is 18.4. The number of rotatable bonds is 6. The van der Waals surface area contributed by atoms with E-state index in [0.717, 1.165) is 35.6 Å². The van der Waals surface area contributed by atoms with Gasteiger partial charge in [0.05, 0.1) is 16.3 Å². The Kier molecular flexibility index (Phi) is 6.71. The van der Waals surface area contributed by atoms with Crippen LogP contribution in [0.25, 0.3) is 5.69 Å². The molecule has 0 aliphatic carbocycles. The van der Waals surface area contributed by atoms with E-state index in [4.69, 9.17) is 11.6 Å². The van der Waals surface area contributed by atoms with Crippen molar-refractivity contribution in [2.45, 2.75) is 16.6 Å². The lowest BCUT2D eigenvalue weighted by atomic mass is 10.1. The third-order valence-electron chi connectivity index (χ3n) is 4.67. The molecule has 1 heterocycles. The summed E-state index contributed by atoms with van der Waals surface area (Å²) >= 11 is 7.20. The Hall–Kier alpha value is -3.30. The zero-order chi connectivity index (χ0) is 23.4. The Bertz CT molecular complexity index is 1250. The van der Waals surface area contributed by atoms with Crippen LogP contribution in [0.4, 0.5) is 18.9 Å². The van der Waals surface area contributed by atoms with Gasteiger partial charge in [0.25, 0.3) is 0 Å². The maximum atomic E-state index is 13.3. The minimum atomic E-state index is -4.57. The summed E-state index contributed by atoms with van der Waals surface area (Å²) in [6, 6.07) is 21.0. The van der Waals surface area contributed by atoms with Crippen molar-refractivity contribution in [3.8, 4) is 5.69 Å². The van der Waals surface area contributed by atoms with E-state index in [9.17, 15) is 18.0 Å². The molecule has 3 aromatic carbocycles. The Morgan fingerprint density at radius 3 is 2.33 bits per heavy atom. The maximum absolute atomic E-state index is 13.3. The van der Waals surface area contributed by atoms with Crippen LogP contribution in [-0.4, -0.2) is 20.7 Å². The normalized spacial score (nSPS) is 12.4. The smallest absolute Gasteiger partial charge is 0.323 e. The molecule has 0 fully saturated rings. The third kappa shape index (κ3) is 5.37. The first-order valence-electron chi connectivity index (χ1n) is 9.67. The highest BCUT2D eigenvalue weighted by atomic mass is 35.5. The molecular formula is C23H16ClF3N4OS. The van der Waals surface area contributed by atoms with Crippen molar-refractivity contribution in [1.82, 2.24) is 14.8 Å². The monoisotopic (exact) mass is 488 g/mol. The Morgan fingerprint density at radius 2 is 1.67 bits per heavy atom. The number of carbonyl (C=O) groups is 1. The summed E-state index contributed by atoms with van der Waals surface area (Å²) in [5.74, 6) is -0.546. The molecular weight excluding hydrogens is 473 g/mol. The molecule has 0 spiro atoms. The van der Waals surface area contributed by atoms with Crippen LogP contribution in [0.15, 0.2) is 90.3 Å². The van der Waals surface area contributed by atoms with Gasteiger partial charge in [-0.25, -0.2) is 0 Å². The first-order chi connectivity index (χ1) is 15.8. The topological polar surface area (TPSA) is 59.8 Å². The van der Waals surface area contributed by atoms with Gasteiger partial charge in [-0.2, -0.15) is 13.2 Å². The summed E-state index contributed by atoms with van der Waals surface area (Å²) in [5, 5.41) is 10.2. The second-order valence-corrected chi connectivity index (χ2v) is 8.39. The van der Waals surface area contributed by atoms with E-state index in [0.29, 0.717) is 10.7 Å². The summed E-state index contributed by atoms with van der Waals surface area (Å²) in [6.45, 7) is 0. The standard InChI is InChI=1S/C23H16ClF3N4OS/c24-18-12-11-16(23(25,26)27)13-19(18)29-21(32)20(15-7-3-1-4-8-15)33-22-30-28-14-31(22)17-9-5-2-6-10-17/h1-14,20H,(H,29,32)/t20-/m0/s1. The highest BCUT2D eigenvalue weighted by Gasteiger charge is 2.32. The van der Waals surface area contributed by atoms with E-state index < -0.39 is 22.9 Å². The van der Waals surface area contributed by atoms with Crippen molar-refractivity contribution in [1.29, 1.82) is 0 Å². The van der Waals surface area contributed by atoms with Gasteiger partial charge in [0.15, 0.2) is 5.16 Å². The summed E-state index contributed by atoms with van der Waals surface area (Å²) in [5.41, 5.74) is 0.418. The number of nitrogens with one attached hydrogen (secondary N) is 1. The number of aromatic nitrogens is 3. The van der Waals surface area contributed by atoms with Crippen molar-refractivity contribution in [3.05, 3.63) is 101 Å². The molecule has 1 atom stereocenters. The Labute approximate surface area is 196 Å². The molecule has 4 aromatic rings. The van der Waals surface area contributed by atoms with Crippen molar-refractivity contribution in [2.24, 2.45) is 0 Å². The maximum Gasteiger partial charge on any atom is 0.416 e. The van der Waals surface area contributed by atoms with Crippen molar-refractivity contribution >= 4 is 35.0 Å². The highest BCUT2D eigenvalue weighted by Crippen LogP contribution is 2.38. The van der Waals surface area contributed by atoms with Crippen LogP contribution in [0.3, 0.4) is 0 Å². The molecule has 33 heavy (non-hydrogen) atoms. The van der Waals surface area contributed by atoms with Crippen LogP contribution in [0.1, 0.15) is 16.4 Å². The van der Waals surface area contributed by atoms with Crippen molar-refractivity contribution in [3.63, 3.8) is 0 Å². The largest absolute Gasteiger partial charge is 0.416 e. The number of para-hydroxylation sites is 1. The second-order valence-electron chi connectivity index (χ2n) is 6.91. The van der Waals surface area contributed by atoms with Gasteiger partial charge in [-0.3, -0.25) is 9.36 Å². The molecule has 5 nitrogen and oxygen atoms in total. The van der Waals surface area contributed by atoms with Crippen LogP contribution in [0.2, 0.25) is 5.02 Å². The number of halogens is 4. The first-order valence-corrected chi connectivity index (χ1v) is 10.9. The molecule has 168 valence electrons. The third-order valence-corrected chi connectivity index (χ3v) is 6.21. The van der Waals surface area contributed by atoms with E-state index in [1.54, 1.807) is 34.9 Å². The molecule has 1 amide bonds. The fourth-order valence-electron chi connectivity index (χ4n) is 3.07. The molecule has 0 aliphatic heterocycles. The average Bonchev–Trinajstić information content (AvgIpc) is 3.27. The molecule has 0 aliphatic rings. The van der Waals surface area contributed by atoms with Gasteiger partial charge >= 0.3 is 6.18 Å². The van der Waals surface area contributed by atoms with Gasteiger partial charge in [0.1, 0.15) is 11.6 Å². The van der Waals surface area contributed by atoms with Gasteiger partial charge in [0, 0.05) is 5.69 Å². The lowest BCUT2D eigenvalue weighted by molar-refractivity contribution is -0.137. The number of amides is 1. The molecule has 0 saturated carbocycles. The average molecular weight is 489 g/mol. The molecule has 10 heteroatoms. The molecule has 4 rings (SSSR count). The van der Waals surface area contributed by atoms with E-state index in [-0.39, 0.29) is 10.7 Å². The predicted molar refractivity (Wildman–Crippen MR) is 121 cm³/mol. The molecule has 1 aromatic heterocycles. The predicted octanol–water partition coefficient (Wildman–Crippen LogP) is 6.41. The van der Waals surface area contributed by atoms with Crippen LogP contribution in [0.5, 0.6) is 0 Å². The molecule has 0 unspecified atom stereocenters. The van der Waals surface area contributed by atoms with Gasteiger partial charge in [0.2, 0.25) is 5.91 Å².